The van der Waals surface area contributed by atoms with Gasteiger partial charge in [0.25, 0.3) is 0 Å². The van der Waals surface area contributed by atoms with Crippen LogP contribution in [-0.2, 0) is 4.74 Å². The van der Waals surface area contributed by atoms with Crippen molar-refractivity contribution in [2.45, 2.75) is 0 Å². The summed E-state index contributed by atoms with van der Waals surface area (Å²) in [6, 6.07) is 13.3. The van der Waals surface area contributed by atoms with Gasteiger partial charge in [-0.05, 0) is 12.1 Å². The van der Waals surface area contributed by atoms with E-state index in [0.717, 1.165) is 24.7 Å². The summed E-state index contributed by atoms with van der Waals surface area (Å²) in [5.74, 6) is 2.30. The topological polar surface area (TPSA) is 34.6 Å². The Morgan fingerprint density at radius 2 is 1.80 bits per heavy atom. The Labute approximate surface area is 122 Å². The summed E-state index contributed by atoms with van der Waals surface area (Å²) in [7, 11) is 0. The van der Waals surface area contributed by atoms with Crippen molar-refractivity contribution in [3.8, 4) is 11.5 Å². The van der Waals surface area contributed by atoms with Gasteiger partial charge in [-0.3, -0.25) is 0 Å². The lowest BCUT2D eigenvalue weighted by atomic mass is 10.3. The van der Waals surface area contributed by atoms with E-state index < -0.39 is 0 Å². The average molecular weight is 291 g/mol. The molecule has 5 heteroatoms. The Morgan fingerprint density at radius 3 is 2.55 bits per heavy atom. The van der Waals surface area contributed by atoms with Crippen LogP contribution in [-0.4, -0.2) is 31.3 Å². The predicted octanol–water partition coefficient (Wildman–Crippen LogP) is 3.36. The van der Waals surface area contributed by atoms with Crippen molar-refractivity contribution in [3.05, 3.63) is 47.6 Å². The number of nitrogens with zero attached hydrogens (tertiary/aromatic N) is 2. The number of benzene rings is 1. The van der Waals surface area contributed by atoms with E-state index >= 15 is 0 Å². The minimum atomic E-state index is 0.430. The molecule has 0 saturated carbocycles. The number of pyridine rings is 1. The smallest absolute Gasteiger partial charge is 0.135 e. The molecule has 104 valence electrons. The maximum Gasteiger partial charge on any atom is 0.135 e. The van der Waals surface area contributed by atoms with Crippen LogP contribution in [0, 0.1) is 0 Å². The second-order valence-electron chi connectivity index (χ2n) is 4.50. The van der Waals surface area contributed by atoms with E-state index in [4.69, 9.17) is 21.1 Å². The first-order chi connectivity index (χ1) is 9.81. The Kier molecular flexibility index (Phi) is 4.04. The molecule has 0 N–H and O–H groups in total. The first kappa shape index (κ1) is 13.2. The summed E-state index contributed by atoms with van der Waals surface area (Å²) >= 11 is 6.09. The van der Waals surface area contributed by atoms with Crippen LogP contribution >= 0.6 is 11.6 Å². The third-order valence-electron chi connectivity index (χ3n) is 3.07. The van der Waals surface area contributed by atoms with Gasteiger partial charge in [-0.2, -0.15) is 0 Å². The molecule has 0 atom stereocenters. The van der Waals surface area contributed by atoms with Crippen molar-refractivity contribution in [3.63, 3.8) is 0 Å². The molecule has 1 aromatic carbocycles. The van der Waals surface area contributed by atoms with Gasteiger partial charge in [0.2, 0.25) is 0 Å². The van der Waals surface area contributed by atoms with E-state index in [1.807, 2.05) is 36.4 Å². The second-order valence-corrected chi connectivity index (χ2v) is 4.89. The zero-order chi connectivity index (χ0) is 13.8. The van der Waals surface area contributed by atoms with Crippen LogP contribution in [0.4, 0.5) is 5.82 Å². The van der Waals surface area contributed by atoms with Crippen LogP contribution in [0.5, 0.6) is 11.5 Å². The largest absolute Gasteiger partial charge is 0.457 e. The Morgan fingerprint density at radius 1 is 1.05 bits per heavy atom. The second kappa shape index (κ2) is 6.11. The van der Waals surface area contributed by atoms with Gasteiger partial charge in [-0.1, -0.05) is 29.8 Å². The van der Waals surface area contributed by atoms with Crippen LogP contribution in [0.2, 0.25) is 5.15 Å². The molecule has 4 nitrogen and oxygen atoms in total. The Balaban J connectivity index is 1.82. The van der Waals surface area contributed by atoms with E-state index in [1.54, 1.807) is 6.07 Å². The molecule has 0 radical (unpaired) electrons. The molecule has 0 bridgehead atoms. The zero-order valence-electron chi connectivity index (χ0n) is 11.0. The molecule has 20 heavy (non-hydrogen) atoms. The lowest BCUT2D eigenvalue weighted by Crippen LogP contribution is -2.36. The minimum absolute atomic E-state index is 0.430. The highest BCUT2D eigenvalue weighted by Gasteiger charge is 2.14. The molecule has 1 fully saturated rings. The highest BCUT2D eigenvalue weighted by molar-refractivity contribution is 6.29. The van der Waals surface area contributed by atoms with Crippen molar-refractivity contribution < 1.29 is 9.47 Å². The van der Waals surface area contributed by atoms with Crippen LogP contribution in [0.25, 0.3) is 0 Å². The predicted molar refractivity (Wildman–Crippen MR) is 78.8 cm³/mol. The molecular weight excluding hydrogens is 276 g/mol. The SMILES string of the molecule is Clc1cc(Oc2ccccc2)cc(N2CCOCC2)n1. The van der Waals surface area contributed by atoms with Crippen LogP contribution < -0.4 is 9.64 Å². The van der Waals surface area contributed by atoms with Gasteiger partial charge >= 0.3 is 0 Å². The van der Waals surface area contributed by atoms with Crippen LogP contribution in [0.1, 0.15) is 0 Å². The van der Waals surface area contributed by atoms with E-state index in [1.165, 1.54) is 0 Å². The summed E-state index contributed by atoms with van der Waals surface area (Å²) in [6.07, 6.45) is 0. The molecule has 1 aromatic heterocycles. The number of aromatic nitrogens is 1. The van der Waals surface area contributed by atoms with Crippen LogP contribution in [0.3, 0.4) is 0 Å². The summed E-state index contributed by atoms with van der Waals surface area (Å²) in [5.41, 5.74) is 0. The average Bonchev–Trinajstić information content (AvgIpc) is 2.49. The fraction of sp³-hybridized carbons (Fsp3) is 0.267. The molecule has 0 aliphatic carbocycles. The van der Waals surface area contributed by atoms with Gasteiger partial charge in [0.05, 0.1) is 13.2 Å². The molecule has 0 spiro atoms. The molecule has 1 aliphatic rings. The lowest BCUT2D eigenvalue weighted by Gasteiger charge is -2.28. The fourth-order valence-corrected chi connectivity index (χ4v) is 2.29. The van der Waals surface area contributed by atoms with Gasteiger partial charge in [-0.25, -0.2) is 4.98 Å². The number of hydrogen-bond acceptors (Lipinski definition) is 4. The van der Waals surface area contributed by atoms with Gasteiger partial charge in [0.1, 0.15) is 22.5 Å². The van der Waals surface area contributed by atoms with E-state index in [0.29, 0.717) is 24.1 Å². The number of hydrogen-bond donors (Lipinski definition) is 0. The van der Waals surface area contributed by atoms with E-state index in [-0.39, 0.29) is 0 Å². The van der Waals surface area contributed by atoms with Crippen molar-refractivity contribution >= 4 is 17.4 Å². The highest BCUT2D eigenvalue weighted by Crippen LogP contribution is 2.27. The third kappa shape index (κ3) is 3.21. The van der Waals surface area contributed by atoms with Crippen LogP contribution in [0.15, 0.2) is 42.5 Å². The summed E-state index contributed by atoms with van der Waals surface area (Å²) in [4.78, 5) is 6.50. The molecule has 0 amide bonds. The lowest BCUT2D eigenvalue weighted by molar-refractivity contribution is 0.122. The number of halogens is 1. The first-order valence-electron chi connectivity index (χ1n) is 6.54. The molecule has 1 saturated heterocycles. The Bertz CT molecular complexity index is 571. The zero-order valence-corrected chi connectivity index (χ0v) is 11.7. The normalized spacial score (nSPS) is 15.2. The van der Waals surface area contributed by atoms with E-state index in [2.05, 4.69) is 9.88 Å². The van der Waals surface area contributed by atoms with Gasteiger partial charge in [0, 0.05) is 25.2 Å². The van der Waals surface area contributed by atoms with Crippen molar-refractivity contribution in [1.29, 1.82) is 0 Å². The molecule has 2 heterocycles. The van der Waals surface area contributed by atoms with Crippen molar-refractivity contribution in [2.75, 3.05) is 31.2 Å². The number of para-hydroxylation sites is 1. The fourth-order valence-electron chi connectivity index (χ4n) is 2.10. The number of ether oxygens (including phenoxy) is 2. The highest BCUT2D eigenvalue weighted by atomic mass is 35.5. The van der Waals surface area contributed by atoms with Gasteiger partial charge in [-0.15, -0.1) is 0 Å². The minimum Gasteiger partial charge on any atom is -0.457 e. The Hall–Kier alpha value is -1.78. The number of morpholine rings is 1. The van der Waals surface area contributed by atoms with Gasteiger partial charge < -0.3 is 14.4 Å². The van der Waals surface area contributed by atoms with Crippen molar-refractivity contribution in [1.82, 2.24) is 4.98 Å². The maximum atomic E-state index is 6.09. The van der Waals surface area contributed by atoms with Gasteiger partial charge in [0.15, 0.2) is 0 Å². The standard InChI is InChI=1S/C15H15ClN2O2/c16-14-10-13(20-12-4-2-1-3-5-12)11-15(17-14)18-6-8-19-9-7-18/h1-5,10-11H,6-9H2. The molecule has 1 aliphatic heterocycles. The molecular formula is C15H15ClN2O2. The number of anilines is 1. The monoisotopic (exact) mass is 290 g/mol. The molecule has 3 rings (SSSR count). The first-order valence-corrected chi connectivity index (χ1v) is 6.92. The quantitative estimate of drug-likeness (QED) is 0.812. The third-order valence-corrected chi connectivity index (χ3v) is 3.26. The number of rotatable bonds is 3. The maximum absolute atomic E-state index is 6.09. The molecule has 2 aromatic rings. The summed E-state index contributed by atoms with van der Waals surface area (Å²) < 4.78 is 11.2. The summed E-state index contributed by atoms with van der Waals surface area (Å²) in [5, 5.41) is 0.430. The molecule has 0 unspecified atom stereocenters. The van der Waals surface area contributed by atoms with Crippen molar-refractivity contribution in [2.24, 2.45) is 0 Å². The van der Waals surface area contributed by atoms with E-state index in [9.17, 15) is 0 Å². The summed E-state index contributed by atoms with van der Waals surface area (Å²) in [6.45, 7) is 3.06.